The Bertz CT molecular complexity index is 387. The average Bonchev–Trinajstić information content (AvgIpc) is 3.26. The fourth-order valence-electron chi connectivity index (χ4n) is 2.42. The molecule has 1 unspecified atom stereocenters. The fourth-order valence-corrected chi connectivity index (χ4v) is 2.42. The van der Waals surface area contributed by atoms with Gasteiger partial charge in [0.25, 0.3) is 0 Å². The smallest absolute Gasteiger partial charge is 0.220 e. The standard InChI is InChI=1S/C16H24N2O/c17-12-6-2-5-9-15(19)18-16(14-10-11-14)13-7-3-1-4-8-13/h1,3-4,7-8,14,16H,2,5-6,9-12,17H2,(H,18,19). The van der Waals surface area contributed by atoms with Gasteiger partial charge in [-0.2, -0.15) is 0 Å². The summed E-state index contributed by atoms with van der Waals surface area (Å²) in [5, 5.41) is 3.20. The van der Waals surface area contributed by atoms with Gasteiger partial charge in [0.05, 0.1) is 6.04 Å². The van der Waals surface area contributed by atoms with Crippen molar-refractivity contribution in [3.05, 3.63) is 35.9 Å². The largest absolute Gasteiger partial charge is 0.349 e. The van der Waals surface area contributed by atoms with Gasteiger partial charge in [0, 0.05) is 6.42 Å². The summed E-state index contributed by atoms with van der Waals surface area (Å²) in [7, 11) is 0. The van der Waals surface area contributed by atoms with Crippen molar-refractivity contribution in [1.29, 1.82) is 0 Å². The molecule has 0 spiro atoms. The monoisotopic (exact) mass is 260 g/mol. The molecule has 3 nitrogen and oxygen atoms in total. The van der Waals surface area contributed by atoms with E-state index in [4.69, 9.17) is 5.73 Å². The third-order valence-corrected chi connectivity index (χ3v) is 3.68. The van der Waals surface area contributed by atoms with E-state index < -0.39 is 0 Å². The van der Waals surface area contributed by atoms with Crippen molar-refractivity contribution in [2.75, 3.05) is 6.54 Å². The number of nitrogens with one attached hydrogen (secondary N) is 1. The number of nitrogens with two attached hydrogens (primary N) is 1. The van der Waals surface area contributed by atoms with E-state index in [-0.39, 0.29) is 11.9 Å². The van der Waals surface area contributed by atoms with Crippen LogP contribution in [0.5, 0.6) is 0 Å². The molecule has 1 aromatic rings. The zero-order chi connectivity index (χ0) is 13.5. The highest BCUT2D eigenvalue weighted by Crippen LogP contribution is 2.40. The van der Waals surface area contributed by atoms with Crippen LogP contribution in [0.25, 0.3) is 0 Å². The molecule has 1 fully saturated rings. The first-order chi connectivity index (χ1) is 9.31. The Morgan fingerprint density at radius 1 is 1.21 bits per heavy atom. The minimum atomic E-state index is 0.178. The van der Waals surface area contributed by atoms with Crippen LogP contribution in [0.3, 0.4) is 0 Å². The molecule has 2 rings (SSSR count). The van der Waals surface area contributed by atoms with Crippen molar-refractivity contribution in [3.8, 4) is 0 Å². The van der Waals surface area contributed by atoms with Crippen molar-refractivity contribution in [2.45, 2.75) is 44.6 Å². The topological polar surface area (TPSA) is 55.1 Å². The summed E-state index contributed by atoms with van der Waals surface area (Å²) >= 11 is 0. The molecule has 3 N–H and O–H groups in total. The Hall–Kier alpha value is -1.35. The minimum absolute atomic E-state index is 0.178. The van der Waals surface area contributed by atoms with Crippen LogP contribution >= 0.6 is 0 Å². The highest BCUT2D eigenvalue weighted by atomic mass is 16.1. The Kier molecular flexibility index (Phi) is 5.40. The third kappa shape index (κ3) is 4.67. The number of benzene rings is 1. The number of rotatable bonds is 8. The van der Waals surface area contributed by atoms with Gasteiger partial charge < -0.3 is 11.1 Å². The van der Waals surface area contributed by atoms with E-state index in [9.17, 15) is 4.79 Å². The lowest BCUT2D eigenvalue weighted by molar-refractivity contribution is -0.122. The summed E-state index contributed by atoms with van der Waals surface area (Å²) in [5.74, 6) is 0.813. The van der Waals surface area contributed by atoms with Crippen molar-refractivity contribution >= 4 is 5.91 Å². The maximum atomic E-state index is 12.0. The fraction of sp³-hybridized carbons (Fsp3) is 0.562. The number of hydrogen-bond donors (Lipinski definition) is 2. The summed E-state index contributed by atoms with van der Waals surface area (Å²) in [4.78, 5) is 12.0. The summed E-state index contributed by atoms with van der Waals surface area (Å²) in [6, 6.07) is 10.5. The lowest BCUT2D eigenvalue weighted by Crippen LogP contribution is -2.29. The van der Waals surface area contributed by atoms with E-state index in [0.29, 0.717) is 12.3 Å². The highest BCUT2D eigenvalue weighted by molar-refractivity contribution is 5.76. The maximum Gasteiger partial charge on any atom is 0.220 e. The molecule has 1 atom stereocenters. The van der Waals surface area contributed by atoms with Gasteiger partial charge in [-0.1, -0.05) is 36.8 Å². The quantitative estimate of drug-likeness (QED) is 0.706. The van der Waals surface area contributed by atoms with E-state index in [1.807, 2.05) is 18.2 Å². The molecule has 0 heterocycles. The second kappa shape index (κ2) is 7.29. The molecule has 0 radical (unpaired) electrons. The van der Waals surface area contributed by atoms with Crippen LogP contribution in [0.2, 0.25) is 0 Å². The zero-order valence-corrected chi connectivity index (χ0v) is 11.5. The second-order valence-corrected chi connectivity index (χ2v) is 5.39. The van der Waals surface area contributed by atoms with E-state index in [1.54, 1.807) is 0 Å². The molecule has 1 saturated carbocycles. The van der Waals surface area contributed by atoms with Crippen LogP contribution in [-0.2, 0) is 4.79 Å². The maximum absolute atomic E-state index is 12.0. The first-order valence-corrected chi connectivity index (χ1v) is 7.35. The first-order valence-electron chi connectivity index (χ1n) is 7.35. The molecule has 0 bridgehead atoms. The van der Waals surface area contributed by atoms with Crippen LogP contribution < -0.4 is 11.1 Å². The molecule has 104 valence electrons. The molecular weight excluding hydrogens is 236 g/mol. The van der Waals surface area contributed by atoms with Gasteiger partial charge in [-0.15, -0.1) is 0 Å². The van der Waals surface area contributed by atoms with Crippen LogP contribution in [0.15, 0.2) is 30.3 Å². The minimum Gasteiger partial charge on any atom is -0.349 e. The molecule has 1 aromatic carbocycles. The van der Waals surface area contributed by atoms with E-state index in [2.05, 4.69) is 17.4 Å². The Labute approximate surface area is 115 Å². The number of amides is 1. The van der Waals surface area contributed by atoms with Gasteiger partial charge in [0.2, 0.25) is 5.91 Å². The van der Waals surface area contributed by atoms with Crippen LogP contribution in [-0.4, -0.2) is 12.5 Å². The summed E-state index contributed by atoms with van der Waals surface area (Å²) in [6.45, 7) is 0.719. The molecule has 1 amide bonds. The second-order valence-electron chi connectivity index (χ2n) is 5.39. The molecule has 1 aliphatic rings. The SMILES string of the molecule is NCCCCCC(=O)NC(c1ccccc1)C1CC1. The van der Waals surface area contributed by atoms with Crippen molar-refractivity contribution in [2.24, 2.45) is 11.7 Å². The predicted molar refractivity (Wildman–Crippen MR) is 77.6 cm³/mol. The summed E-state index contributed by atoms with van der Waals surface area (Å²) < 4.78 is 0. The van der Waals surface area contributed by atoms with Crippen LogP contribution in [0.4, 0.5) is 0 Å². The van der Waals surface area contributed by atoms with E-state index in [1.165, 1.54) is 18.4 Å². The zero-order valence-electron chi connectivity index (χ0n) is 11.5. The normalized spacial score (nSPS) is 16.1. The van der Waals surface area contributed by atoms with Gasteiger partial charge in [-0.3, -0.25) is 4.79 Å². The van der Waals surface area contributed by atoms with E-state index >= 15 is 0 Å². The Morgan fingerprint density at radius 3 is 2.58 bits per heavy atom. The number of unbranched alkanes of at least 4 members (excludes halogenated alkanes) is 2. The lowest BCUT2D eigenvalue weighted by atomic mass is 10.0. The summed E-state index contributed by atoms with van der Waals surface area (Å²) in [5.41, 5.74) is 6.69. The molecule has 3 heteroatoms. The number of hydrogen-bond acceptors (Lipinski definition) is 2. The van der Waals surface area contributed by atoms with Gasteiger partial charge in [0.1, 0.15) is 0 Å². The third-order valence-electron chi connectivity index (χ3n) is 3.68. The van der Waals surface area contributed by atoms with Crippen molar-refractivity contribution in [1.82, 2.24) is 5.32 Å². The predicted octanol–water partition coefficient (Wildman–Crippen LogP) is 2.77. The highest BCUT2D eigenvalue weighted by Gasteiger charge is 2.33. The average molecular weight is 260 g/mol. The van der Waals surface area contributed by atoms with Gasteiger partial charge in [0.15, 0.2) is 0 Å². The summed E-state index contributed by atoms with van der Waals surface area (Å²) in [6.07, 6.45) is 6.08. The molecule has 19 heavy (non-hydrogen) atoms. The first kappa shape index (κ1) is 14.1. The Morgan fingerprint density at radius 2 is 1.95 bits per heavy atom. The molecule has 0 aromatic heterocycles. The number of carbonyl (C=O) groups excluding carboxylic acids is 1. The van der Waals surface area contributed by atoms with Gasteiger partial charge in [-0.05, 0) is 43.7 Å². The molecule has 1 aliphatic carbocycles. The molecule has 0 saturated heterocycles. The lowest BCUT2D eigenvalue weighted by Gasteiger charge is -2.18. The molecular formula is C16H24N2O. The molecule has 0 aliphatic heterocycles. The van der Waals surface area contributed by atoms with Gasteiger partial charge >= 0.3 is 0 Å². The number of carbonyl (C=O) groups is 1. The van der Waals surface area contributed by atoms with Crippen LogP contribution in [0.1, 0.15) is 50.1 Å². The van der Waals surface area contributed by atoms with E-state index in [0.717, 1.165) is 25.8 Å². The van der Waals surface area contributed by atoms with Crippen molar-refractivity contribution < 1.29 is 4.79 Å². The van der Waals surface area contributed by atoms with Crippen molar-refractivity contribution in [3.63, 3.8) is 0 Å². The Balaban J connectivity index is 1.82. The van der Waals surface area contributed by atoms with Gasteiger partial charge in [-0.25, -0.2) is 0 Å². The van der Waals surface area contributed by atoms with Crippen LogP contribution in [0, 0.1) is 5.92 Å².